The predicted molar refractivity (Wildman–Crippen MR) is 119 cm³/mol. The van der Waals surface area contributed by atoms with E-state index in [1.54, 1.807) is 11.6 Å². The second-order valence-corrected chi connectivity index (χ2v) is 8.49. The van der Waals surface area contributed by atoms with Gasteiger partial charge in [-0.3, -0.25) is 14.3 Å². The van der Waals surface area contributed by atoms with Gasteiger partial charge < -0.3 is 25.3 Å². The summed E-state index contributed by atoms with van der Waals surface area (Å²) in [6, 6.07) is 0. The van der Waals surface area contributed by atoms with Crippen LogP contribution in [0.5, 0.6) is 0 Å². The molecule has 14 nitrogen and oxygen atoms in total. The number of nitrogens with one attached hydrogen (secondary N) is 2. The molecule has 3 heterocycles. The molecule has 33 heavy (non-hydrogen) atoms. The molecule has 0 bridgehead atoms. The van der Waals surface area contributed by atoms with Crippen LogP contribution in [0.25, 0.3) is 0 Å². The zero-order chi connectivity index (χ0) is 24.3. The molecule has 3 rings (SSSR count). The van der Waals surface area contributed by atoms with Gasteiger partial charge in [0.1, 0.15) is 17.6 Å². The normalized spacial score (nSPS) is 10.9. The summed E-state index contributed by atoms with van der Waals surface area (Å²) in [5.74, 6) is -1.35. The molecule has 0 fully saturated rings. The molecule has 0 unspecified atom stereocenters. The summed E-state index contributed by atoms with van der Waals surface area (Å²) in [5, 5.41) is 28.1. The minimum Gasteiger partial charge on any atom is -0.358 e. The number of aromatic nitrogens is 6. The molecule has 3 aromatic heterocycles. The van der Waals surface area contributed by atoms with Crippen LogP contribution in [0.3, 0.4) is 0 Å². The molecule has 0 spiro atoms. The summed E-state index contributed by atoms with van der Waals surface area (Å²) in [5.41, 5.74) is 2.14. The van der Waals surface area contributed by atoms with Crippen LogP contribution in [0.4, 0.5) is 5.82 Å². The lowest BCUT2D eigenvalue weighted by Gasteiger charge is -2.07. The number of halogens is 2. The predicted octanol–water partition coefficient (Wildman–Crippen LogP) is 1.42. The highest BCUT2D eigenvalue weighted by Crippen LogP contribution is 2.27. The average Bonchev–Trinajstić information content (AvgIpc) is 3.41. The third-order valence-electron chi connectivity index (χ3n) is 4.56. The van der Waals surface area contributed by atoms with E-state index in [0.29, 0.717) is 5.69 Å². The minimum atomic E-state index is -0.616. The molecule has 16 heteroatoms. The van der Waals surface area contributed by atoms with Crippen LogP contribution in [0.2, 0.25) is 0 Å². The van der Waals surface area contributed by atoms with Crippen LogP contribution in [-0.4, -0.2) is 59.5 Å². The number of nitro groups is 1. The first-order chi connectivity index (χ1) is 15.6. The summed E-state index contributed by atoms with van der Waals surface area (Å²) in [6.45, 7) is 5.69. The Morgan fingerprint density at radius 2 is 1.73 bits per heavy atom. The zero-order valence-corrected chi connectivity index (χ0v) is 20.9. The number of amides is 2. The lowest BCUT2D eigenvalue weighted by molar-refractivity contribution is -0.390. The molecule has 0 aromatic carbocycles. The van der Waals surface area contributed by atoms with Crippen molar-refractivity contribution in [2.24, 2.45) is 0 Å². The average molecular weight is 589 g/mol. The number of hydrogen-bond donors (Lipinski definition) is 2. The topological polar surface area (TPSA) is 176 Å². The van der Waals surface area contributed by atoms with E-state index in [0.717, 1.165) is 15.9 Å². The molecule has 0 aliphatic rings. The Kier molecular flexibility index (Phi) is 7.57. The van der Waals surface area contributed by atoms with Crippen LogP contribution >= 0.6 is 31.9 Å². The van der Waals surface area contributed by atoms with Crippen molar-refractivity contribution in [3.63, 3.8) is 0 Å². The fourth-order valence-corrected chi connectivity index (χ4v) is 3.51. The Morgan fingerprint density at radius 1 is 1.06 bits per heavy atom. The van der Waals surface area contributed by atoms with Gasteiger partial charge >= 0.3 is 17.6 Å². The molecule has 0 saturated carbocycles. The quantitative estimate of drug-likeness (QED) is 0.212. The Hall–Kier alpha value is -3.14. The molecule has 0 radical (unpaired) electrons. The van der Waals surface area contributed by atoms with Crippen molar-refractivity contribution in [2.45, 2.75) is 33.9 Å². The standard InChI is InChI=1S/C17H19Br2N9O5/c1-8-13(18)9(2)27(23-8)7-12(29)20-4-5-21-16(30)17-22-11(25-33-17)6-26-10(3)14(19)15(24-26)28(31)32/h4-7H2,1-3H3,(H,20,29)(H,21,30). The third kappa shape index (κ3) is 5.62. The van der Waals surface area contributed by atoms with Crippen LogP contribution in [0, 0.1) is 30.9 Å². The van der Waals surface area contributed by atoms with E-state index < -0.39 is 10.8 Å². The van der Waals surface area contributed by atoms with Crippen molar-refractivity contribution in [3.8, 4) is 0 Å². The Bertz CT molecular complexity index is 1220. The summed E-state index contributed by atoms with van der Waals surface area (Å²) in [6.07, 6.45) is 0. The first-order valence-electron chi connectivity index (χ1n) is 9.52. The molecule has 0 saturated heterocycles. The van der Waals surface area contributed by atoms with Crippen molar-refractivity contribution in [1.29, 1.82) is 0 Å². The van der Waals surface area contributed by atoms with Crippen LogP contribution in [-0.2, 0) is 17.9 Å². The molecule has 3 aromatic rings. The monoisotopic (exact) mass is 587 g/mol. The number of nitrogens with zero attached hydrogens (tertiary/aromatic N) is 7. The number of rotatable bonds is 9. The molecular formula is C17H19Br2N9O5. The summed E-state index contributed by atoms with van der Waals surface area (Å²) in [7, 11) is 0. The minimum absolute atomic E-state index is 0.0203. The van der Waals surface area contributed by atoms with Gasteiger partial charge in [-0.1, -0.05) is 5.16 Å². The van der Waals surface area contributed by atoms with E-state index in [-0.39, 0.29) is 54.1 Å². The van der Waals surface area contributed by atoms with Crippen molar-refractivity contribution in [2.75, 3.05) is 13.1 Å². The van der Waals surface area contributed by atoms with Crippen molar-refractivity contribution in [3.05, 3.63) is 47.9 Å². The first-order valence-corrected chi connectivity index (χ1v) is 11.1. The molecule has 176 valence electrons. The third-order valence-corrected chi connectivity index (χ3v) is 6.64. The van der Waals surface area contributed by atoms with Crippen molar-refractivity contribution in [1.82, 2.24) is 40.3 Å². The molecule has 2 N–H and O–H groups in total. The van der Waals surface area contributed by atoms with Crippen LogP contribution < -0.4 is 10.6 Å². The maximum absolute atomic E-state index is 12.2. The second-order valence-electron chi connectivity index (χ2n) is 6.90. The Balaban J connectivity index is 1.47. The van der Waals surface area contributed by atoms with Crippen molar-refractivity contribution < 1.29 is 19.0 Å². The van der Waals surface area contributed by atoms with E-state index in [1.165, 1.54) is 4.68 Å². The summed E-state index contributed by atoms with van der Waals surface area (Å²) in [4.78, 5) is 38.6. The number of carbonyl (C=O) groups excluding carboxylic acids is 2. The Morgan fingerprint density at radius 3 is 2.33 bits per heavy atom. The second kappa shape index (κ2) is 10.2. The molecule has 0 aliphatic heterocycles. The van der Waals surface area contributed by atoms with E-state index in [2.05, 4.69) is 62.8 Å². The van der Waals surface area contributed by atoms with Crippen LogP contribution in [0.15, 0.2) is 13.5 Å². The first kappa shape index (κ1) is 24.5. The van der Waals surface area contributed by atoms with E-state index in [4.69, 9.17) is 4.52 Å². The SMILES string of the molecule is Cc1nn(CC(=O)NCCNC(=O)c2nc(Cn3nc([N+](=O)[O-])c(Br)c3C)no2)c(C)c1Br. The van der Waals surface area contributed by atoms with E-state index >= 15 is 0 Å². The van der Waals surface area contributed by atoms with Gasteiger partial charge in [0.25, 0.3) is 0 Å². The molecular weight excluding hydrogens is 570 g/mol. The van der Waals surface area contributed by atoms with Gasteiger partial charge in [-0.05, 0) is 57.6 Å². The summed E-state index contributed by atoms with van der Waals surface area (Å²) < 4.78 is 8.96. The van der Waals surface area contributed by atoms with E-state index in [9.17, 15) is 19.7 Å². The lowest BCUT2D eigenvalue weighted by Crippen LogP contribution is -2.36. The summed E-state index contributed by atoms with van der Waals surface area (Å²) >= 11 is 6.53. The Labute approximate surface area is 203 Å². The highest BCUT2D eigenvalue weighted by Gasteiger charge is 2.25. The van der Waals surface area contributed by atoms with Crippen molar-refractivity contribution >= 4 is 49.5 Å². The highest BCUT2D eigenvalue weighted by atomic mass is 79.9. The van der Waals surface area contributed by atoms with Gasteiger partial charge in [0.05, 0.1) is 26.7 Å². The fraction of sp³-hybridized carbons (Fsp3) is 0.412. The van der Waals surface area contributed by atoms with Gasteiger partial charge in [-0.25, -0.2) is 0 Å². The van der Waals surface area contributed by atoms with Gasteiger partial charge in [0.2, 0.25) is 5.91 Å². The van der Waals surface area contributed by atoms with Gasteiger partial charge in [0.15, 0.2) is 5.82 Å². The van der Waals surface area contributed by atoms with Gasteiger partial charge in [0, 0.05) is 13.1 Å². The highest BCUT2D eigenvalue weighted by molar-refractivity contribution is 9.11. The molecule has 0 aliphatic carbocycles. The van der Waals surface area contributed by atoms with Gasteiger partial charge in [-0.15, -0.1) is 0 Å². The number of hydrogen-bond acceptors (Lipinski definition) is 9. The zero-order valence-electron chi connectivity index (χ0n) is 17.8. The fourth-order valence-electron chi connectivity index (χ4n) is 2.80. The maximum Gasteiger partial charge on any atom is 0.404 e. The van der Waals surface area contributed by atoms with E-state index in [1.807, 2.05) is 13.8 Å². The smallest absolute Gasteiger partial charge is 0.358 e. The maximum atomic E-state index is 12.2. The number of carbonyl (C=O) groups is 2. The molecule has 2 amide bonds. The molecule has 0 atom stereocenters. The number of aryl methyl sites for hydroxylation is 1. The largest absolute Gasteiger partial charge is 0.404 e. The lowest BCUT2D eigenvalue weighted by atomic mass is 10.4. The van der Waals surface area contributed by atoms with Crippen LogP contribution in [0.1, 0.15) is 33.6 Å². The van der Waals surface area contributed by atoms with Gasteiger partial charge in [-0.2, -0.15) is 14.8 Å².